The van der Waals surface area contributed by atoms with E-state index in [0.29, 0.717) is 54.9 Å². The molecule has 1 fully saturated rings. The van der Waals surface area contributed by atoms with E-state index >= 15 is 0 Å². The zero-order valence-corrected chi connectivity index (χ0v) is 19.7. The van der Waals surface area contributed by atoms with Gasteiger partial charge in [-0.3, -0.25) is 9.59 Å². The van der Waals surface area contributed by atoms with Crippen molar-refractivity contribution in [3.8, 4) is 17.2 Å². The van der Waals surface area contributed by atoms with Crippen LogP contribution in [-0.4, -0.2) is 75.3 Å². The van der Waals surface area contributed by atoms with Crippen LogP contribution < -0.4 is 9.47 Å². The second-order valence-electron chi connectivity index (χ2n) is 8.43. The van der Waals surface area contributed by atoms with Crippen LogP contribution in [0.3, 0.4) is 0 Å². The predicted octanol–water partition coefficient (Wildman–Crippen LogP) is 2.99. The van der Waals surface area contributed by atoms with E-state index in [1.54, 1.807) is 26.6 Å². The lowest BCUT2D eigenvalue weighted by Crippen LogP contribution is -2.55. The molecule has 0 bridgehead atoms. The number of halogens is 1. The van der Waals surface area contributed by atoms with Crippen molar-refractivity contribution < 1.29 is 19.1 Å². The van der Waals surface area contributed by atoms with E-state index < -0.39 is 0 Å². The molecule has 5 rings (SSSR count). The molecule has 176 valence electrons. The van der Waals surface area contributed by atoms with Gasteiger partial charge in [0.2, 0.25) is 5.82 Å². The van der Waals surface area contributed by atoms with Crippen LogP contribution in [-0.2, 0) is 0 Å². The standard InChI is InChI=1S/C24H24ClN5O4/c1-15-4-3-5-18(10-15)30-14-26-22(27-30)24(32)29-7-6-28(13-16(29)2)23(31)17-11-19(25)21-20(12-17)33-8-9-34-21/h3-5,10-12,14,16H,6-9,13H2,1-2H3. The smallest absolute Gasteiger partial charge is 0.293 e. The number of aryl methyl sites for hydroxylation is 1. The average molecular weight is 482 g/mol. The molecule has 0 spiro atoms. The number of fused-ring (bicyclic) bond motifs is 1. The van der Waals surface area contributed by atoms with Crippen molar-refractivity contribution in [2.24, 2.45) is 0 Å². The number of benzene rings is 2. The maximum atomic E-state index is 13.2. The van der Waals surface area contributed by atoms with Crippen LogP contribution in [0.25, 0.3) is 5.69 Å². The van der Waals surface area contributed by atoms with E-state index in [-0.39, 0.29) is 23.7 Å². The van der Waals surface area contributed by atoms with Gasteiger partial charge in [0.05, 0.1) is 10.7 Å². The molecular weight excluding hydrogens is 458 g/mol. The van der Waals surface area contributed by atoms with Crippen molar-refractivity contribution in [2.75, 3.05) is 32.8 Å². The SMILES string of the molecule is Cc1cccc(-n2cnc(C(=O)N3CCN(C(=O)c4cc(Cl)c5c(c4)OCCO5)CC3C)n2)c1. The molecule has 0 radical (unpaired) electrons. The Labute approximate surface area is 201 Å². The van der Waals surface area contributed by atoms with E-state index in [0.717, 1.165) is 11.3 Å². The molecule has 2 aliphatic heterocycles. The summed E-state index contributed by atoms with van der Waals surface area (Å²) >= 11 is 6.30. The highest BCUT2D eigenvalue weighted by molar-refractivity contribution is 6.32. The van der Waals surface area contributed by atoms with Gasteiger partial charge in [-0.15, -0.1) is 5.10 Å². The molecule has 1 atom stereocenters. The molecule has 10 heteroatoms. The molecule has 1 unspecified atom stereocenters. The zero-order chi connectivity index (χ0) is 23.8. The molecule has 2 aromatic carbocycles. The van der Waals surface area contributed by atoms with Gasteiger partial charge in [0.15, 0.2) is 11.5 Å². The molecule has 0 saturated carbocycles. The third-order valence-corrected chi connectivity index (χ3v) is 6.25. The molecule has 1 aromatic heterocycles. The molecule has 1 saturated heterocycles. The van der Waals surface area contributed by atoms with Crippen LogP contribution in [0.2, 0.25) is 5.02 Å². The molecule has 2 amide bonds. The fraction of sp³-hybridized carbons (Fsp3) is 0.333. The summed E-state index contributed by atoms with van der Waals surface area (Å²) in [5, 5.41) is 4.72. The highest BCUT2D eigenvalue weighted by atomic mass is 35.5. The number of hydrogen-bond donors (Lipinski definition) is 0. The quantitative estimate of drug-likeness (QED) is 0.571. The molecule has 3 aromatic rings. The van der Waals surface area contributed by atoms with E-state index in [9.17, 15) is 9.59 Å². The van der Waals surface area contributed by atoms with Gasteiger partial charge in [-0.2, -0.15) is 0 Å². The van der Waals surface area contributed by atoms with E-state index in [2.05, 4.69) is 10.1 Å². The van der Waals surface area contributed by atoms with Crippen LogP contribution in [0.1, 0.15) is 33.5 Å². The monoisotopic (exact) mass is 481 g/mol. The Morgan fingerprint density at radius 2 is 1.91 bits per heavy atom. The lowest BCUT2D eigenvalue weighted by atomic mass is 10.1. The number of aromatic nitrogens is 3. The van der Waals surface area contributed by atoms with Crippen molar-refractivity contribution in [2.45, 2.75) is 19.9 Å². The van der Waals surface area contributed by atoms with Gasteiger partial charge < -0.3 is 19.3 Å². The minimum Gasteiger partial charge on any atom is -0.486 e. The highest BCUT2D eigenvalue weighted by Crippen LogP contribution is 2.38. The van der Waals surface area contributed by atoms with E-state index in [1.165, 1.54) is 6.33 Å². The molecule has 2 aliphatic rings. The van der Waals surface area contributed by atoms with Gasteiger partial charge in [-0.05, 0) is 43.7 Å². The summed E-state index contributed by atoms with van der Waals surface area (Å²) in [6, 6.07) is 10.9. The first-order chi connectivity index (χ1) is 16.4. The molecule has 0 N–H and O–H groups in total. The Morgan fingerprint density at radius 3 is 2.71 bits per heavy atom. The van der Waals surface area contributed by atoms with Crippen LogP contribution >= 0.6 is 11.6 Å². The fourth-order valence-electron chi connectivity index (χ4n) is 4.25. The number of piperazine rings is 1. The minimum atomic E-state index is -0.256. The number of carbonyl (C=O) groups excluding carboxylic acids is 2. The maximum absolute atomic E-state index is 13.2. The number of hydrogen-bond acceptors (Lipinski definition) is 6. The Hall–Kier alpha value is -3.59. The summed E-state index contributed by atoms with van der Waals surface area (Å²) < 4.78 is 12.7. The average Bonchev–Trinajstić information content (AvgIpc) is 3.33. The van der Waals surface area contributed by atoms with Gasteiger partial charge in [-0.1, -0.05) is 23.7 Å². The second-order valence-corrected chi connectivity index (χ2v) is 8.84. The van der Waals surface area contributed by atoms with Gasteiger partial charge in [0.1, 0.15) is 19.5 Å². The van der Waals surface area contributed by atoms with Gasteiger partial charge >= 0.3 is 0 Å². The third-order valence-electron chi connectivity index (χ3n) is 5.97. The molecule has 34 heavy (non-hydrogen) atoms. The summed E-state index contributed by atoms with van der Waals surface area (Å²) in [7, 11) is 0. The third kappa shape index (κ3) is 4.19. The molecule has 0 aliphatic carbocycles. The number of amides is 2. The van der Waals surface area contributed by atoms with Crippen LogP contribution in [0.4, 0.5) is 0 Å². The van der Waals surface area contributed by atoms with E-state index in [4.69, 9.17) is 21.1 Å². The topological polar surface area (TPSA) is 89.8 Å². The van der Waals surface area contributed by atoms with Gasteiger partial charge in [-0.25, -0.2) is 9.67 Å². The number of rotatable bonds is 3. The van der Waals surface area contributed by atoms with Crippen molar-refractivity contribution >= 4 is 23.4 Å². The molecular formula is C24H24ClN5O4. The largest absolute Gasteiger partial charge is 0.486 e. The lowest BCUT2D eigenvalue weighted by Gasteiger charge is -2.39. The lowest BCUT2D eigenvalue weighted by molar-refractivity contribution is 0.0406. The summed E-state index contributed by atoms with van der Waals surface area (Å²) in [6.07, 6.45) is 1.54. The van der Waals surface area contributed by atoms with Crippen molar-refractivity contribution in [1.29, 1.82) is 0 Å². The van der Waals surface area contributed by atoms with Crippen LogP contribution in [0.15, 0.2) is 42.7 Å². The summed E-state index contributed by atoms with van der Waals surface area (Å²) in [5.41, 5.74) is 2.36. The number of ether oxygens (including phenoxy) is 2. The van der Waals surface area contributed by atoms with Crippen molar-refractivity contribution in [1.82, 2.24) is 24.6 Å². The van der Waals surface area contributed by atoms with Crippen LogP contribution in [0.5, 0.6) is 11.5 Å². The Morgan fingerprint density at radius 1 is 1.09 bits per heavy atom. The van der Waals surface area contributed by atoms with Crippen LogP contribution in [0, 0.1) is 6.92 Å². The first kappa shape index (κ1) is 22.2. The van der Waals surface area contributed by atoms with Crippen molar-refractivity contribution in [3.05, 3.63) is 64.7 Å². The molecule has 3 heterocycles. The second kappa shape index (κ2) is 8.98. The molecule has 9 nitrogen and oxygen atoms in total. The first-order valence-corrected chi connectivity index (χ1v) is 11.5. The minimum absolute atomic E-state index is 0.131. The Bertz CT molecular complexity index is 1260. The maximum Gasteiger partial charge on any atom is 0.293 e. The fourth-order valence-corrected chi connectivity index (χ4v) is 4.51. The first-order valence-electron chi connectivity index (χ1n) is 11.1. The highest BCUT2D eigenvalue weighted by Gasteiger charge is 2.33. The Kier molecular flexibility index (Phi) is 5.87. The number of nitrogens with zero attached hydrogens (tertiary/aromatic N) is 5. The number of carbonyl (C=O) groups is 2. The summed E-state index contributed by atoms with van der Waals surface area (Å²) in [5.74, 6) is 0.643. The summed E-state index contributed by atoms with van der Waals surface area (Å²) in [4.78, 5) is 33.9. The Balaban J connectivity index is 1.27. The predicted molar refractivity (Wildman–Crippen MR) is 125 cm³/mol. The zero-order valence-electron chi connectivity index (χ0n) is 18.9. The van der Waals surface area contributed by atoms with Crippen molar-refractivity contribution in [3.63, 3.8) is 0 Å². The summed E-state index contributed by atoms with van der Waals surface area (Å²) in [6.45, 7) is 5.88. The van der Waals surface area contributed by atoms with Gasteiger partial charge in [0.25, 0.3) is 11.8 Å². The van der Waals surface area contributed by atoms with E-state index in [1.807, 2.05) is 38.1 Å². The normalized spacial score (nSPS) is 17.6. The van der Waals surface area contributed by atoms with Gasteiger partial charge in [0, 0.05) is 31.2 Å².